The van der Waals surface area contributed by atoms with Gasteiger partial charge in [-0.15, -0.1) is 11.3 Å². The van der Waals surface area contributed by atoms with Gasteiger partial charge in [-0.1, -0.05) is 18.2 Å². The Morgan fingerprint density at radius 2 is 2.08 bits per heavy atom. The molecule has 4 rings (SSSR count). The second-order valence-corrected chi connectivity index (χ2v) is 8.26. The average molecular weight is 374 g/mol. The minimum atomic E-state index is -0.477. The fourth-order valence-electron chi connectivity index (χ4n) is 3.12. The predicted octanol–water partition coefficient (Wildman–Crippen LogP) is 3.36. The number of nitrogens with zero attached hydrogens (tertiary/aromatic N) is 2. The molecule has 1 unspecified atom stereocenters. The van der Waals surface area contributed by atoms with Gasteiger partial charge >= 0.3 is 5.76 Å². The molecule has 1 aromatic carbocycles. The molecule has 0 radical (unpaired) electrons. The molecular weight excluding hydrogens is 356 g/mol. The van der Waals surface area contributed by atoms with Crippen LogP contribution in [0, 0.1) is 0 Å². The van der Waals surface area contributed by atoms with Gasteiger partial charge in [-0.2, -0.15) is 11.8 Å². The number of thiophene rings is 1. The van der Waals surface area contributed by atoms with Crippen molar-refractivity contribution in [3.8, 4) is 0 Å². The quantitative estimate of drug-likeness (QED) is 0.705. The number of hydrogen-bond acceptors (Lipinski definition) is 5. The molecule has 0 bridgehead atoms. The number of amides is 1. The van der Waals surface area contributed by atoms with E-state index in [1.54, 1.807) is 23.5 Å². The Balaban J connectivity index is 1.47. The van der Waals surface area contributed by atoms with E-state index in [-0.39, 0.29) is 12.5 Å². The van der Waals surface area contributed by atoms with Gasteiger partial charge in [0.1, 0.15) is 6.54 Å². The van der Waals surface area contributed by atoms with Crippen molar-refractivity contribution in [3.05, 3.63) is 57.2 Å². The van der Waals surface area contributed by atoms with Gasteiger partial charge in [0.25, 0.3) is 0 Å². The Morgan fingerprint density at radius 3 is 2.92 bits per heavy atom. The van der Waals surface area contributed by atoms with Crippen LogP contribution in [0.4, 0.5) is 0 Å². The third-order valence-corrected chi connectivity index (χ3v) is 6.87. The van der Waals surface area contributed by atoms with Gasteiger partial charge in [-0.3, -0.25) is 9.36 Å². The third-order valence-electron chi connectivity index (χ3n) is 4.42. The summed E-state index contributed by atoms with van der Waals surface area (Å²) in [5, 5.41) is 2.55. The molecule has 130 valence electrons. The summed E-state index contributed by atoms with van der Waals surface area (Å²) in [6.07, 6.45) is 0.942. The highest BCUT2D eigenvalue weighted by Crippen LogP contribution is 2.36. The van der Waals surface area contributed by atoms with E-state index in [4.69, 9.17) is 4.42 Å². The Morgan fingerprint density at radius 1 is 1.20 bits per heavy atom. The molecule has 25 heavy (non-hydrogen) atoms. The standard InChI is InChI=1S/C18H18N2O3S2/c21-17(12-20-13-4-1-2-5-14(13)23-18(20)22)19-8-7-16(25-11-9-19)15-6-3-10-24-15/h1-6,10,16H,7-9,11-12H2. The Hall–Kier alpha value is -1.99. The lowest BCUT2D eigenvalue weighted by Crippen LogP contribution is -2.37. The summed E-state index contributed by atoms with van der Waals surface area (Å²) in [5.41, 5.74) is 1.19. The van der Waals surface area contributed by atoms with E-state index in [9.17, 15) is 9.59 Å². The van der Waals surface area contributed by atoms with Crippen molar-refractivity contribution in [1.29, 1.82) is 0 Å². The van der Waals surface area contributed by atoms with Gasteiger partial charge in [0.2, 0.25) is 5.91 Å². The summed E-state index contributed by atoms with van der Waals surface area (Å²) >= 11 is 3.68. The molecule has 1 aliphatic rings. The van der Waals surface area contributed by atoms with Crippen molar-refractivity contribution in [2.75, 3.05) is 18.8 Å². The number of fused-ring (bicyclic) bond motifs is 1. The first kappa shape index (κ1) is 16.5. The van der Waals surface area contributed by atoms with Crippen LogP contribution >= 0.6 is 23.1 Å². The molecule has 1 fully saturated rings. The molecule has 0 aliphatic carbocycles. The molecule has 0 N–H and O–H groups in total. The maximum absolute atomic E-state index is 12.7. The van der Waals surface area contributed by atoms with Crippen LogP contribution < -0.4 is 5.76 Å². The van der Waals surface area contributed by atoms with Crippen molar-refractivity contribution >= 4 is 40.1 Å². The van der Waals surface area contributed by atoms with Crippen LogP contribution in [0.1, 0.15) is 16.5 Å². The third kappa shape index (κ3) is 3.39. The number of benzene rings is 1. The zero-order chi connectivity index (χ0) is 17.2. The minimum absolute atomic E-state index is 0.0268. The summed E-state index contributed by atoms with van der Waals surface area (Å²) in [6, 6.07) is 11.4. The van der Waals surface area contributed by atoms with E-state index in [0.717, 1.165) is 25.3 Å². The maximum Gasteiger partial charge on any atom is 0.420 e. The van der Waals surface area contributed by atoms with Gasteiger partial charge in [0, 0.05) is 29.0 Å². The highest BCUT2D eigenvalue weighted by atomic mass is 32.2. The van der Waals surface area contributed by atoms with Gasteiger partial charge in [-0.05, 0) is 30.0 Å². The van der Waals surface area contributed by atoms with Crippen LogP contribution in [-0.2, 0) is 11.3 Å². The number of carbonyl (C=O) groups excluding carboxylic acids is 1. The van der Waals surface area contributed by atoms with Crippen LogP contribution in [0.5, 0.6) is 0 Å². The number of thioether (sulfide) groups is 1. The Labute approximate surface area is 153 Å². The number of oxazole rings is 1. The Kier molecular flexibility index (Phi) is 4.67. The highest BCUT2D eigenvalue weighted by molar-refractivity contribution is 7.99. The fourth-order valence-corrected chi connectivity index (χ4v) is 5.36. The van der Waals surface area contributed by atoms with Crippen molar-refractivity contribution in [2.24, 2.45) is 0 Å². The second-order valence-electron chi connectivity index (χ2n) is 5.97. The number of hydrogen-bond donors (Lipinski definition) is 0. The van der Waals surface area contributed by atoms with Crippen molar-refractivity contribution in [3.63, 3.8) is 0 Å². The topological polar surface area (TPSA) is 55.5 Å². The average Bonchev–Trinajstić information content (AvgIpc) is 3.17. The summed E-state index contributed by atoms with van der Waals surface area (Å²) in [6.45, 7) is 1.47. The summed E-state index contributed by atoms with van der Waals surface area (Å²) in [7, 11) is 0. The van der Waals surface area contributed by atoms with Crippen LogP contribution in [0.25, 0.3) is 11.1 Å². The van der Waals surface area contributed by atoms with Crippen LogP contribution in [0.2, 0.25) is 0 Å². The van der Waals surface area contributed by atoms with Gasteiger partial charge in [0.15, 0.2) is 5.58 Å². The zero-order valence-electron chi connectivity index (χ0n) is 13.6. The molecule has 0 saturated carbocycles. The molecule has 1 saturated heterocycles. The summed E-state index contributed by atoms with van der Waals surface area (Å²) in [5.74, 6) is 0.409. The SMILES string of the molecule is O=C(Cn1c(=O)oc2ccccc21)N1CCSC(c2cccs2)CC1. The largest absolute Gasteiger partial charge is 0.420 e. The normalized spacial score (nSPS) is 18.4. The van der Waals surface area contributed by atoms with E-state index in [2.05, 4.69) is 17.5 Å². The van der Waals surface area contributed by atoms with E-state index in [1.807, 2.05) is 28.8 Å². The zero-order valence-corrected chi connectivity index (χ0v) is 15.2. The van der Waals surface area contributed by atoms with Crippen LogP contribution in [-0.4, -0.2) is 34.2 Å². The van der Waals surface area contributed by atoms with Crippen LogP contribution in [0.15, 0.2) is 51.0 Å². The Bertz CT molecular complexity index is 929. The van der Waals surface area contributed by atoms with E-state index < -0.39 is 5.76 Å². The van der Waals surface area contributed by atoms with E-state index in [1.165, 1.54) is 9.44 Å². The first-order valence-corrected chi connectivity index (χ1v) is 10.2. The monoisotopic (exact) mass is 374 g/mol. The minimum Gasteiger partial charge on any atom is -0.408 e. The van der Waals surface area contributed by atoms with Crippen LogP contribution in [0.3, 0.4) is 0 Å². The molecule has 3 aromatic rings. The molecular formula is C18H18N2O3S2. The molecule has 1 atom stereocenters. The van der Waals surface area contributed by atoms with E-state index >= 15 is 0 Å². The molecule has 1 aliphatic heterocycles. The summed E-state index contributed by atoms with van der Waals surface area (Å²) < 4.78 is 6.63. The van der Waals surface area contributed by atoms with Gasteiger partial charge in [-0.25, -0.2) is 4.79 Å². The first-order valence-electron chi connectivity index (χ1n) is 8.23. The van der Waals surface area contributed by atoms with Crippen molar-refractivity contribution in [2.45, 2.75) is 18.2 Å². The lowest BCUT2D eigenvalue weighted by atomic mass is 10.2. The number of aromatic nitrogens is 1. The second kappa shape index (κ2) is 7.09. The summed E-state index contributed by atoms with van der Waals surface area (Å²) in [4.78, 5) is 28.0. The van der Waals surface area contributed by atoms with Gasteiger partial charge in [0.05, 0.1) is 5.52 Å². The lowest BCUT2D eigenvalue weighted by Gasteiger charge is -2.20. The highest BCUT2D eigenvalue weighted by Gasteiger charge is 2.23. The smallest absolute Gasteiger partial charge is 0.408 e. The number of rotatable bonds is 3. The van der Waals surface area contributed by atoms with Gasteiger partial charge < -0.3 is 9.32 Å². The maximum atomic E-state index is 12.7. The van der Waals surface area contributed by atoms with E-state index in [0.29, 0.717) is 16.3 Å². The molecule has 7 heteroatoms. The number of carbonyl (C=O) groups is 1. The van der Waals surface area contributed by atoms with Crippen molar-refractivity contribution < 1.29 is 9.21 Å². The molecule has 0 spiro atoms. The fraction of sp³-hybridized carbons (Fsp3) is 0.333. The van der Waals surface area contributed by atoms with Crippen molar-refractivity contribution in [1.82, 2.24) is 9.47 Å². The molecule has 5 nitrogen and oxygen atoms in total. The first-order chi connectivity index (χ1) is 12.2. The lowest BCUT2D eigenvalue weighted by molar-refractivity contribution is -0.131. The molecule has 2 aromatic heterocycles. The predicted molar refractivity (Wildman–Crippen MR) is 101 cm³/mol. The molecule has 3 heterocycles. The molecule has 1 amide bonds. The number of para-hydroxylation sites is 2.